The van der Waals surface area contributed by atoms with Crippen molar-refractivity contribution in [1.82, 2.24) is 9.13 Å². The van der Waals surface area contributed by atoms with Crippen LogP contribution in [0.25, 0.3) is 0 Å². The van der Waals surface area contributed by atoms with Crippen molar-refractivity contribution in [2.75, 3.05) is 0 Å². The molecule has 1 aromatic carbocycles. The molecule has 26 heavy (non-hydrogen) atoms. The maximum atomic E-state index is 4.33. The van der Waals surface area contributed by atoms with E-state index in [0.717, 1.165) is 16.9 Å². The predicted molar refractivity (Wildman–Crippen MR) is 95.1 cm³/mol. The lowest BCUT2D eigenvalue weighted by atomic mass is 10.2. The number of benzene rings is 1. The molecule has 7 nitrogen and oxygen atoms in total. The largest absolute Gasteiger partial charge is 1.00 e. The second kappa shape index (κ2) is 8.87. The number of rotatable bonds is 3. The number of amidine groups is 1. The van der Waals surface area contributed by atoms with E-state index in [9.17, 15) is 0 Å². The van der Waals surface area contributed by atoms with Crippen LogP contribution < -0.4 is 22.3 Å². The molecule has 3 aromatic rings. The SMILES string of the molecule is Cn1ccc(=NN=C(N=Nc2n(C)cc[n+]2C)c2ccccc2)cc1.[Cl-]. The minimum atomic E-state index is 0. The van der Waals surface area contributed by atoms with Crippen LogP contribution in [0.1, 0.15) is 5.56 Å². The van der Waals surface area contributed by atoms with E-state index in [1.165, 1.54) is 0 Å². The summed E-state index contributed by atoms with van der Waals surface area (Å²) in [7, 11) is 5.79. The summed E-state index contributed by atoms with van der Waals surface area (Å²) in [6.45, 7) is 0. The fourth-order valence-electron chi connectivity index (χ4n) is 2.20. The van der Waals surface area contributed by atoms with Crippen molar-refractivity contribution in [3.05, 3.63) is 78.2 Å². The van der Waals surface area contributed by atoms with Crippen LogP contribution in [0.3, 0.4) is 0 Å². The lowest BCUT2D eigenvalue weighted by Crippen LogP contribution is -3.00. The van der Waals surface area contributed by atoms with Crippen LogP contribution >= 0.6 is 0 Å². The van der Waals surface area contributed by atoms with Crippen LogP contribution in [-0.2, 0) is 21.1 Å². The highest BCUT2D eigenvalue weighted by Crippen LogP contribution is 2.08. The number of hydrogen-bond donors (Lipinski definition) is 0. The molecular formula is C18H20ClN7. The average Bonchev–Trinajstić information content (AvgIpc) is 2.95. The van der Waals surface area contributed by atoms with Gasteiger partial charge >= 0.3 is 5.95 Å². The molecule has 0 atom stereocenters. The molecule has 3 rings (SSSR count). The van der Waals surface area contributed by atoms with E-state index in [4.69, 9.17) is 0 Å². The zero-order chi connectivity index (χ0) is 17.6. The van der Waals surface area contributed by atoms with E-state index in [2.05, 4.69) is 20.4 Å². The molecule has 0 radical (unpaired) electrons. The first kappa shape index (κ1) is 19.3. The molecule has 2 heterocycles. The summed E-state index contributed by atoms with van der Waals surface area (Å²) in [5, 5.41) is 18.0. The van der Waals surface area contributed by atoms with Gasteiger partial charge in [-0.2, -0.15) is 0 Å². The van der Waals surface area contributed by atoms with E-state index < -0.39 is 0 Å². The predicted octanol–water partition coefficient (Wildman–Crippen LogP) is -0.761. The number of aromatic nitrogens is 3. The van der Waals surface area contributed by atoms with Crippen molar-refractivity contribution >= 4 is 11.8 Å². The second-order valence-corrected chi connectivity index (χ2v) is 5.63. The van der Waals surface area contributed by atoms with Crippen molar-refractivity contribution in [2.24, 2.45) is 41.6 Å². The van der Waals surface area contributed by atoms with E-state index in [-0.39, 0.29) is 12.4 Å². The van der Waals surface area contributed by atoms with E-state index in [0.29, 0.717) is 5.84 Å². The van der Waals surface area contributed by atoms with Crippen LogP contribution in [0.5, 0.6) is 0 Å². The van der Waals surface area contributed by atoms with Gasteiger partial charge in [0.25, 0.3) is 0 Å². The van der Waals surface area contributed by atoms with Crippen molar-refractivity contribution in [3.63, 3.8) is 0 Å². The molecule has 0 bridgehead atoms. The van der Waals surface area contributed by atoms with Crippen molar-refractivity contribution < 1.29 is 17.0 Å². The van der Waals surface area contributed by atoms with Crippen molar-refractivity contribution in [1.29, 1.82) is 0 Å². The fourth-order valence-corrected chi connectivity index (χ4v) is 2.20. The molecule has 0 aliphatic rings. The first-order chi connectivity index (χ1) is 12.1. The highest BCUT2D eigenvalue weighted by atomic mass is 35.5. The standard InChI is InChI=1S/C18H20N7.ClH/c1-23-11-9-16(10-12-23)19-20-17(15-7-5-4-6-8-15)21-22-18-24(2)13-14-25(18)3;/h4-14H,1-3H3;1H/q+1;/p-1. The Morgan fingerprint density at radius 3 is 2.27 bits per heavy atom. The Bertz CT molecular complexity index is 944. The molecule has 8 heteroatoms. The zero-order valence-corrected chi connectivity index (χ0v) is 15.6. The van der Waals surface area contributed by atoms with Crippen molar-refractivity contribution in [3.8, 4) is 0 Å². The van der Waals surface area contributed by atoms with Crippen LogP contribution in [0.2, 0.25) is 0 Å². The molecule has 0 amide bonds. The third-order valence-corrected chi connectivity index (χ3v) is 3.63. The molecule has 2 aromatic heterocycles. The van der Waals surface area contributed by atoms with E-state index >= 15 is 0 Å². The fraction of sp³-hybridized carbons (Fsp3) is 0.167. The molecule has 0 saturated heterocycles. The van der Waals surface area contributed by atoms with Gasteiger partial charge in [-0.1, -0.05) is 30.3 Å². The quantitative estimate of drug-likeness (QED) is 0.191. The zero-order valence-electron chi connectivity index (χ0n) is 14.9. The lowest BCUT2D eigenvalue weighted by Gasteiger charge is -1.96. The van der Waals surface area contributed by atoms with E-state index in [1.54, 1.807) is 0 Å². The topological polar surface area (TPSA) is 63.2 Å². The number of azo groups is 1. The van der Waals surface area contributed by atoms with Crippen LogP contribution in [-0.4, -0.2) is 15.0 Å². The highest BCUT2D eigenvalue weighted by Gasteiger charge is 2.12. The molecule has 0 aliphatic heterocycles. The number of nitrogens with zero attached hydrogens (tertiary/aromatic N) is 7. The Labute approximate surface area is 158 Å². The summed E-state index contributed by atoms with van der Waals surface area (Å²) >= 11 is 0. The Balaban J connectivity index is 0.00000243. The van der Waals surface area contributed by atoms with Gasteiger partial charge in [-0.05, 0) is 17.2 Å². The number of imidazole rings is 1. The van der Waals surface area contributed by atoms with E-state index in [1.807, 2.05) is 102 Å². The first-order valence-electron chi connectivity index (χ1n) is 7.85. The first-order valence-corrected chi connectivity index (χ1v) is 7.85. The van der Waals surface area contributed by atoms with Gasteiger partial charge in [0.1, 0.15) is 0 Å². The Hall–Kier alpha value is -3.06. The van der Waals surface area contributed by atoms with Gasteiger partial charge in [-0.25, -0.2) is 9.13 Å². The van der Waals surface area contributed by atoms with Crippen molar-refractivity contribution in [2.45, 2.75) is 0 Å². The minimum absolute atomic E-state index is 0. The van der Waals surface area contributed by atoms with Gasteiger partial charge in [0.05, 0.1) is 31.8 Å². The molecular weight excluding hydrogens is 350 g/mol. The number of pyridine rings is 1. The van der Waals surface area contributed by atoms with Crippen LogP contribution in [0.15, 0.2) is 87.7 Å². The third kappa shape index (κ3) is 4.73. The van der Waals surface area contributed by atoms with Gasteiger partial charge in [0, 0.05) is 30.1 Å². The number of halogens is 1. The summed E-state index contributed by atoms with van der Waals surface area (Å²) in [5.41, 5.74) is 0.855. The molecule has 0 spiro atoms. The molecule has 0 fully saturated rings. The minimum Gasteiger partial charge on any atom is -1.00 e. The summed E-state index contributed by atoms with van der Waals surface area (Å²) in [6.07, 6.45) is 7.67. The average molecular weight is 370 g/mol. The van der Waals surface area contributed by atoms with Crippen LogP contribution in [0, 0.1) is 0 Å². The Morgan fingerprint density at radius 1 is 0.962 bits per heavy atom. The number of aryl methyl sites for hydroxylation is 3. The highest BCUT2D eigenvalue weighted by molar-refractivity contribution is 5.99. The smallest absolute Gasteiger partial charge is 0.421 e. The van der Waals surface area contributed by atoms with Gasteiger partial charge in [0.2, 0.25) is 5.84 Å². The molecule has 0 N–H and O–H groups in total. The maximum Gasteiger partial charge on any atom is 0.421 e. The van der Waals surface area contributed by atoms with Gasteiger partial charge < -0.3 is 17.0 Å². The molecule has 134 valence electrons. The Kier molecular flexibility index (Phi) is 6.57. The molecule has 0 saturated carbocycles. The summed E-state index contributed by atoms with van der Waals surface area (Å²) in [6, 6.07) is 13.5. The van der Waals surface area contributed by atoms with Crippen LogP contribution in [0.4, 0.5) is 5.95 Å². The van der Waals surface area contributed by atoms with Gasteiger partial charge in [-0.3, -0.25) is 0 Å². The lowest BCUT2D eigenvalue weighted by molar-refractivity contribution is -0.657. The van der Waals surface area contributed by atoms with Gasteiger partial charge in [-0.15, -0.1) is 10.2 Å². The number of hydrogen-bond acceptors (Lipinski definition) is 3. The van der Waals surface area contributed by atoms with Gasteiger partial charge in [0.15, 0.2) is 0 Å². The monoisotopic (exact) mass is 369 g/mol. The summed E-state index contributed by atoms with van der Waals surface area (Å²) in [5.74, 6) is 1.17. The third-order valence-electron chi connectivity index (χ3n) is 3.63. The normalized spacial score (nSPS) is 11.4. The summed E-state index contributed by atoms with van der Waals surface area (Å²) < 4.78 is 5.72. The molecule has 0 unspecified atom stereocenters. The Morgan fingerprint density at radius 2 is 1.65 bits per heavy atom. The second-order valence-electron chi connectivity index (χ2n) is 5.63. The molecule has 0 aliphatic carbocycles. The maximum absolute atomic E-state index is 4.33. The summed E-state index contributed by atoms with van der Waals surface area (Å²) in [4.78, 5) is 0.